The zero-order valence-corrected chi connectivity index (χ0v) is 65.9. The van der Waals surface area contributed by atoms with Crippen LogP contribution in [0.15, 0.2) is 0 Å². The van der Waals surface area contributed by atoms with Gasteiger partial charge in [0.25, 0.3) is 0 Å². The molecule has 0 aliphatic rings. The van der Waals surface area contributed by atoms with E-state index in [1.165, 1.54) is 34.6 Å². The van der Waals surface area contributed by atoms with E-state index in [-0.39, 0.29) is 38.1 Å². The standard InChI is InChI=1S/C69H119N19O25/c1-13-35(10)55(69(112)113)87-64(107)43(24-31(2)3)79-49(94)28-76-66(109)56(37(12)90)88-65(108)45(30-89)84-67(110)54(34(8)9)86-68(111)53(33(6)7)85-50(95)29-74-57(100)36(11)77-59(102)39(16-14-15-23-70)80-63(106)44(25-32(4)5)83-62(105)42(19-22-52(98)99)82-61(104)41(18-21-51(96)97)81-60(103)40(17-20-46(72)91)78-48(93)27-75-58(101)38(71)26-47(73)92/h31-45,53-56,89-90H,13-30,70-71H2,1-12H3,(H2,72,91)(H2,73,92)(H,74,100)(H,75,101)(H,76,109)(H,77,102)(H,78,93)(H,79,94)(H,80,106)(H,81,103)(H,82,104)(H,83,105)(H,84,110)(H,85,95)(H,86,111)(H,87,107)(H,88,108)(H,96,97)(H,98,99)(H,112,113)/t35-,36-,37+,38-,39-,40-,41-,42-,43-,44-,45-,53-,54-,55-,56-/m0/s1. The number of primary amides is 2. The minimum atomic E-state index is -1.86. The van der Waals surface area contributed by atoms with Gasteiger partial charge in [-0.05, 0) is 101 Å². The molecule has 0 aliphatic heterocycles. The lowest BCUT2D eigenvalue weighted by atomic mass is 9.97. The van der Waals surface area contributed by atoms with Gasteiger partial charge in [0.2, 0.25) is 100 Å². The molecule has 0 unspecified atom stereocenters. The van der Waals surface area contributed by atoms with Crippen molar-refractivity contribution >= 4 is 118 Å². The number of aliphatic hydroxyl groups excluding tert-OH is 2. The summed E-state index contributed by atoms with van der Waals surface area (Å²) in [6.07, 6.45) is -5.49. The molecule has 0 rings (SSSR count). The number of nitrogens with two attached hydrogens (primary N) is 4. The minimum absolute atomic E-state index is 0.0791. The molecule has 0 aromatic rings. The molecule has 0 spiro atoms. The third-order valence-electron chi connectivity index (χ3n) is 17.1. The number of carbonyl (C=O) groups is 20. The number of hydrogen-bond donors (Lipinski definition) is 24. The van der Waals surface area contributed by atoms with Crippen LogP contribution in [-0.2, 0) is 95.9 Å². The lowest BCUT2D eigenvalue weighted by Gasteiger charge is -2.29. The van der Waals surface area contributed by atoms with E-state index in [1.807, 2.05) is 0 Å². The highest BCUT2D eigenvalue weighted by Crippen LogP contribution is 2.15. The molecule has 0 fully saturated rings. The topological polar surface area (TPSA) is 727 Å². The van der Waals surface area contributed by atoms with Gasteiger partial charge in [-0.2, -0.15) is 0 Å². The van der Waals surface area contributed by atoms with Crippen LogP contribution < -0.4 is 103 Å². The Labute approximate surface area is 653 Å². The third kappa shape index (κ3) is 40.8. The van der Waals surface area contributed by atoms with Crippen LogP contribution in [0.25, 0.3) is 0 Å². The number of amides is 17. The SMILES string of the molecule is CC[C@H](C)[C@H](NC(=O)[C@H](CC(C)C)NC(=O)CNC(=O)[C@@H](NC(=O)[C@H](CO)NC(=O)[C@@H](NC(=O)[C@@H](NC(=O)CNC(=O)[C@H](C)NC(=O)[C@H](CCCCN)NC(=O)[C@H](CC(C)C)NC(=O)[C@H](CCC(=O)O)NC(=O)[C@H](CCC(=O)O)NC(=O)[C@H](CCC(N)=O)NC(=O)CNC(=O)[C@@H](N)CC(N)=O)C(C)C)C(C)C)[C@@H](C)O)C(=O)O. The normalized spacial score (nSPS) is 15.2. The summed E-state index contributed by atoms with van der Waals surface area (Å²) < 4.78 is 0. The fraction of sp³-hybridized carbons (Fsp3) is 0.710. The summed E-state index contributed by atoms with van der Waals surface area (Å²) in [5, 5.41) is 84.8. The van der Waals surface area contributed by atoms with Crippen LogP contribution >= 0.6 is 0 Å². The Morgan fingerprint density at radius 3 is 1.14 bits per heavy atom. The predicted octanol–water partition coefficient (Wildman–Crippen LogP) is -8.59. The number of carboxylic acid groups (broad SMARTS) is 3. The molecule has 17 amide bonds. The smallest absolute Gasteiger partial charge is 0.326 e. The van der Waals surface area contributed by atoms with Gasteiger partial charge in [0, 0.05) is 19.3 Å². The summed E-state index contributed by atoms with van der Waals surface area (Å²) in [7, 11) is 0. The Morgan fingerprint density at radius 2 is 0.717 bits per heavy atom. The van der Waals surface area contributed by atoms with Crippen molar-refractivity contribution in [3.63, 3.8) is 0 Å². The fourth-order valence-electron chi connectivity index (χ4n) is 10.6. The summed E-state index contributed by atoms with van der Waals surface area (Å²) in [5.41, 5.74) is 21.6. The maximum Gasteiger partial charge on any atom is 0.326 e. The zero-order valence-electron chi connectivity index (χ0n) is 65.9. The van der Waals surface area contributed by atoms with Crippen molar-refractivity contribution in [2.75, 3.05) is 32.8 Å². The van der Waals surface area contributed by atoms with Gasteiger partial charge in [-0.15, -0.1) is 0 Å². The first-order chi connectivity index (χ1) is 52.6. The van der Waals surface area contributed by atoms with Crippen molar-refractivity contribution < 1.29 is 121 Å². The van der Waals surface area contributed by atoms with E-state index in [0.29, 0.717) is 12.8 Å². The van der Waals surface area contributed by atoms with Crippen LogP contribution in [-0.4, -0.2) is 261 Å². The van der Waals surface area contributed by atoms with Gasteiger partial charge in [-0.3, -0.25) is 91.1 Å². The van der Waals surface area contributed by atoms with Gasteiger partial charge < -0.3 is 128 Å². The lowest BCUT2D eigenvalue weighted by molar-refractivity contribution is -0.144. The summed E-state index contributed by atoms with van der Waals surface area (Å²) in [6.45, 7) is 15.2. The summed E-state index contributed by atoms with van der Waals surface area (Å²) in [6, 6.07) is -20.3. The Balaban J connectivity index is 6.41. The molecule has 0 saturated heterocycles. The van der Waals surface area contributed by atoms with Crippen LogP contribution in [0.2, 0.25) is 0 Å². The van der Waals surface area contributed by atoms with Crippen LogP contribution in [0.5, 0.6) is 0 Å². The molecule has 113 heavy (non-hydrogen) atoms. The van der Waals surface area contributed by atoms with Gasteiger partial charge in [0.1, 0.15) is 72.5 Å². The van der Waals surface area contributed by atoms with Crippen molar-refractivity contribution in [1.29, 1.82) is 0 Å². The highest BCUT2D eigenvalue weighted by Gasteiger charge is 2.39. The number of carbonyl (C=O) groups excluding carboxylic acids is 17. The lowest BCUT2D eigenvalue weighted by Crippen LogP contribution is -2.62. The molecule has 0 radical (unpaired) electrons. The molecule has 0 aromatic carbocycles. The largest absolute Gasteiger partial charge is 0.481 e. The molecule has 44 nitrogen and oxygen atoms in total. The van der Waals surface area contributed by atoms with Gasteiger partial charge in [0.15, 0.2) is 0 Å². The van der Waals surface area contributed by atoms with Crippen LogP contribution in [0.3, 0.4) is 0 Å². The number of unbranched alkanes of at least 4 members (excludes halogenated alkanes) is 1. The quantitative estimate of drug-likeness (QED) is 0.0252. The van der Waals surface area contributed by atoms with E-state index < -0.39 is 298 Å². The number of aliphatic carboxylic acids is 3. The minimum Gasteiger partial charge on any atom is -0.481 e. The average molecular weight is 1610 g/mol. The second-order valence-electron chi connectivity index (χ2n) is 28.8. The molecule has 0 heterocycles. The highest BCUT2D eigenvalue weighted by molar-refractivity contribution is 6.00. The Kier molecular flexibility index (Phi) is 47.5. The first-order valence-corrected chi connectivity index (χ1v) is 37.0. The first-order valence-electron chi connectivity index (χ1n) is 37.0. The van der Waals surface area contributed by atoms with Gasteiger partial charge in [-0.25, -0.2) is 4.79 Å². The molecule has 15 atom stereocenters. The van der Waals surface area contributed by atoms with E-state index in [9.17, 15) is 121 Å². The molecule has 0 aromatic heterocycles. The van der Waals surface area contributed by atoms with Gasteiger partial charge in [-0.1, -0.05) is 75.7 Å². The van der Waals surface area contributed by atoms with Crippen LogP contribution in [0, 0.1) is 29.6 Å². The average Bonchev–Trinajstić information content (AvgIpc) is 0.860. The molecule has 28 N–H and O–H groups in total. The Bertz CT molecular complexity index is 3300. The molecule has 44 heteroatoms. The van der Waals surface area contributed by atoms with E-state index in [0.717, 1.165) is 6.92 Å². The third-order valence-corrected chi connectivity index (χ3v) is 17.1. The van der Waals surface area contributed by atoms with Crippen molar-refractivity contribution in [3.8, 4) is 0 Å². The molecular weight excluding hydrogens is 1490 g/mol. The second-order valence-corrected chi connectivity index (χ2v) is 28.8. The number of aliphatic hydroxyl groups is 2. The first kappa shape index (κ1) is 102. The van der Waals surface area contributed by atoms with Crippen molar-refractivity contribution in [2.45, 2.75) is 251 Å². The molecule has 640 valence electrons. The van der Waals surface area contributed by atoms with E-state index in [1.54, 1.807) is 41.5 Å². The van der Waals surface area contributed by atoms with Crippen molar-refractivity contribution in [2.24, 2.45) is 52.5 Å². The molecule has 0 saturated carbocycles. The number of hydrogen-bond acceptors (Lipinski definition) is 24. The van der Waals surface area contributed by atoms with Crippen molar-refractivity contribution in [1.82, 2.24) is 79.8 Å². The van der Waals surface area contributed by atoms with Crippen LogP contribution in [0.4, 0.5) is 0 Å². The molecule has 0 aliphatic carbocycles. The number of carboxylic acids is 3. The van der Waals surface area contributed by atoms with E-state index >= 15 is 0 Å². The molecular formula is C69H119N19O25. The van der Waals surface area contributed by atoms with Crippen molar-refractivity contribution in [3.05, 3.63) is 0 Å². The number of nitrogens with one attached hydrogen (secondary N) is 15. The maximum atomic E-state index is 14.3. The van der Waals surface area contributed by atoms with E-state index in [4.69, 9.17) is 22.9 Å². The van der Waals surface area contributed by atoms with Gasteiger partial charge >= 0.3 is 17.9 Å². The molecule has 0 bridgehead atoms. The Morgan fingerprint density at radius 1 is 0.363 bits per heavy atom. The fourth-order valence-corrected chi connectivity index (χ4v) is 10.6. The van der Waals surface area contributed by atoms with Crippen LogP contribution in [0.1, 0.15) is 167 Å². The second kappa shape index (κ2) is 52.5. The van der Waals surface area contributed by atoms with E-state index in [2.05, 4.69) is 79.8 Å². The Hall–Kier alpha value is -10.8. The maximum absolute atomic E-state index is 14.3. The summed E-state index contributed by atoms with van der Waals surface area (Å²) in [4.78, 5) is 261. The monoisotopic (exact) mass is 1610 g/mol. The predicted molar refractivity (Wildman–Crippen MR) is 399 cm³/mol. The summed E-state index contributed by atoms with van der Waals surface area (Å²) >= 11 is 0. The summed E-state index contributed by atoms with van der Waals surface area (Å²) in [5.74, 6) is -24.1. The number of rotatable bonds is 56. The van der Waals surface area contributed by atoms with Gasteiger partial charge in [0.05, 0.1) is 44.8 Å². The zero-order chi connectivity index (χ0) is 86.9. The highest BCUT2D eigenvalue weighted by atomic mass is 16.4.